The van der Waals surface area contributed by atoms with Gasteiger partial charge < -0.3 is 14.8 Å². The fourth-order valence-corrected chi connectivity index (χ4v) is 2.42. The van der Waals surface area contributed by atoms with Crippen molar-refractivity contribution in [3.05, 3.63) is 89.7 Å². The van der Waals surface area contributed by atoms with Crippen LogP contribution in [0.4, 0.5) is 4.39 Å². The summed E-state index contributed by atoms with van der Waals surface area (Å²) in [6.07, 6.45) is 0. The minimum absolute atomic E-state index is 0.293. The smallest absolute Gasteiger partial charge is 0.251 e. The Morgan fingerprint density at radius 3 is 2.38 bits per heavy atom. The van der Waals surface area contributed by atoms with Crippen LogP contribution in [0, 0.1) is 5.82 Å². The van der Waals surface area contributed by atoms with Crippen molar-refractivity contribution in [3.63, 3.8) is 0 Å². The van der Waals surface area contributed by atoms with Gasteiger partial charge in [-0.1, -0.05) is 30.3 Å². The van der Waals surface area contributed by atoms with E-state index in [1.165, 1.54) is 18.2 Å². The molecule has 3 rings (SSSR count). The number of methoxy groups -OCH3 is 1. The molecule has 0 atom stereocenters. The van der Waals surface area contributed by atoms with Crippen molar-refractivity contribution >= 4 is 5.91 Å². The molecule has 132 valence electrons. The van der Waals surface area contributed by atoms with Gasteiger partial charge in [0.2, 0.25) is 0 Å². The molecule has 0 aliphatic carbocycles. The molecule has 0 unspecified atom stereocenters. The number of amides is 1. The monoisotopic (exact) mass is 351 g/mol. The number of hydrogen-bond donors (Lipinski definition) is 1. The first-order chi connectivity index (χ1) is 12.7. The fraction of sp³-hybridized carbons (Fsp3) is 0.0952. The molecule has 5 heteroatoms. The van der Waals surface area contributed by atoms with Crippen molar-refractivity contribution in [3.8, 4) is 17.2 Å². The molecule has 0 aliphatic heterocycles. The molecular weight excluding hydrogens is 333 g/mol. The predicted octanol–water partition coefficient (Wildman–Crippen LogP) is 4.56. The van der Waals surface area contributed by atoms with E-state index in [9.17, 15) is 9.18 Å². The lowest BCUT2D eigenvalue weighted by Gasteiger charge is -2.10. The molecule has 3 aromatic carbocycles. The third-order valence-corrected chi connectivity index (χ3v) is 3.76. The van der Waals surface area contributed by atoms with Crippen LogP contribution in [0.25, 0.3) is 0 Å². The summed E-state index contributed by atoms with van der Waals surface area (Å²) in [5.74, 6) is 1.19. The van der Waals surface area contributed by atoms with Crippen molar-refractivity contribution in [2.45, 2.75) is 6.54 Å². The first kappa shape index (κ1) is 17.5. The summed E-state index contributed by atoms with van der Waals surface area (Å²) >= 11 is 0. The van der Waals surface area contributed by atoms with Crippen LogP contribution in [0.3, 0.4) is 0 Å². The summed E-state index contributed by atoms with van der Waals surface area (Å²) in [5.41, 5.74) is 1.20. The van der Waals surface area contributed by atoms with Gasteiger partial charge in [0.15, 0.2) is 11.5 Å². The number of rotatable bonds is 6. The zero-order valence-corrected chi connectivity index (χ0v) is 14.2. The highest BCUT2D eigenvalue weighted by Gasteiger charge is 2.07. The van der Waals surface area contributed by atoms with E-state index in [0.717, 1.165) is 5.56 Å². The van der Waals surface area contributed by atoms with Gasteiger partial charge in [0, 0.05) is 12.1 Å². The van der Waals surface area contributed by atoms with Crippen molar-refractivity contribution in [2.24, 2.45) is 0 Å². The molecule has 0 radical (unpaired) electrons. The summed E-state index contributed by atoms with van der Waals surface area (Å²) in [5, 5.41) is 2.76. The number of ether oxygens (including phenoxy) is 2. The normalized spacial score (nSPS) is 10.2. The van der Waals surface area contributed by atoms with Gasteiger partial charge in [0.1, 0.15) is 11.6 Å². The lowest BCUT2D eigenvalue weighted by molar-refractivity contribution is 0.0950. The third kappa shape index (κ3) is 4.39. The van der Waals surface area contributed by atoms with Gasteiger partial charge in [0.25, 0.3) is 5.91 Å². The van der Waals surface area contributed by atoms with E-state index in [0.29, 0.717) is 29.4 Å². The van der Waals surface area contributed by atoms with Crippen LogP contribution in [-0.4, -0.2) is 13.0 Å². The van der Waals surface area contributed by atoms with Crippen molar-refractivity contribution < 1.29 is 18.7 Å². The number of nitrogens with one attached hydrogen (secondary N) is 1. The molecule has 0 saturated carbocycles. The first-order valence-corrected chi connectivity index (χ1v) is 8.09. The van der Waals surface area contributed by atoms with E-state index in [1.807, 2.05) is 48.5 Å². The molecule has 3 aromatic rings. The van der Waals surface area contributed by atoms with E-state index in [4.69, 9.17) is 9.47 Å². The molecule has 0 saturated heterocycles. The van der Waals surface area contributed by atoms with Crippen LogP contribution in [0.2, 0.25) is 0 Å². The number of hydrogen-bond acceptors (Lipinski definition) is 3. The SMILES string of the molecule is COc1ccccc1Oc1ccc(CNC(=O)c2cccc(F)c2)cc1. The topological polar surface area (TPSA) is 47.6 Å². The molecule has 1 amide bonds. The van der Waals surface area contributed by atoms with Gasteiger partial charge in [-0.3, -0.25) is 4.79 Å². The van der Waals surface area contributed by atoms with Gasteiger partial charge in [-0.2, -0.15) is 0 Å². The second-order valence-corrected chi connectivity index (χ2v) is 5.59. The molecule has 4 nitrogen and oxygen atoms in total. The Bertz CT molecular complexity index is 894. The Hall–Kier alpha value is -3.34. The Morgan fingerprint density at radius 2 is 1.69 bits per heavy atom. The third-order valence-electron chi connectivity index (χ3n) is 3.76. The van der Waals surface area contributed by atoms with Crippen LogP contribution in [0.15, 0.2) is 72.8 Å². The van der Waals surface area contributed by atoms with Crippen molar-refractivity contribution in [1.82, 2.24) is 5.32 Å². The number of carbonyl (C=O) groups is 1. The number of halogens is 1. The zero-order chi connectivity index (χ0) is 18.4. The zero-order valence-electron chi connectivity index (χ0n) is 14.2. The van der Waals surface area contributed by atoms with Crippen LogP contribution >= 0.6 is 0 Å². The van der Waals surface area contributed by atoms with Crippen LogP contribution in [0.5, 0.6) is 17.2 Å². The lowest BCUT2D eigenvalue weighted by atomic mass is 10.2. The van der Waals surface area contributed by atoms with E-state index in [-0.39, 0.29) is 5.91 Å². The number of benzene rings is 3. The highest BCUT2D eigenvalue weighted by molar-refractivity contribution is 5.94. The fourth-order valence-electron chi connectivity index (χ4n) is 2.42. The second-order valence-electron chi connectivity index (χ2n) is 5.59. The molecule has 1 N–H and O–H groups in total. The minimum atomic E-state index is -0.435. The molecule has 0 heterocycles. The maximum atomic E-state index is 13.2. The minimum Gasteiger partial charge on any atom is -0.493 e. The second kappa shape index (κ2) is 8.16. The Kier molecular flexibility index (Phi) is 5.49. The van der Waals surface area contributed by atoms with Gasteiger partial charge in [0.05, 0.1) is 7.11 Å². The standard InChI is InChI=1S/C21H18FNO3/c1-25-19-7-2-3-8-20(19)26-18-11-9-15(10-12-18)14-23-21(24)16-5-4-6-17(22)13-16/h2-13H,14H2,1H3,(H,23,24). The largest absolute Gasteiger partial charge is 0.493 e. The molecule has 0 aliphatic rings. The van der Waals surface area contributed by atoms with Gasteiger partial charge in [-0.25, -0.2) is 4.39 Å². The molecule has 26 heavy (non-hydrogen) atoms. The van der Waals surface area contributed by atoms with Crippen molar-refractivity contribution in [2.75, 3.05) is 7.11 Å². The highest BCUT2D eigenvalue weighted by atomic mass is 19.1. The maximum absolute atomic E-state index is 13.2. The molecule has 0 spiro atoms. The van der Waals surface area contributed by atoms with Gasteiger partial charge in [-0.05, 0) is 48.0 Å². The average Bonchev–Trinajstić information content (AvgIpc) is 2.67. The van der Waals surface area contributed by atoms with Crippen molar-refractivity contribution in [1.29, 1.82) is 0 Å². The van der Waals surface area contributed by atoms with Gasteiger partial charge >= 0.3 is 0 Å². The Balaban J connectivity index is 1.60. The predicted molar refractivity (Wildman–Crippen MR) is 97.1 cm³/mol. The van der Waals surface area contributed by atoms with Crippen LogP contribution in [-0.2, 0) is 6.54 Å². The summed E-state index contributed by atoms with van der Waals surface area (Å²) in [6.45, 7) is 0.338. The quantitative estimate of drug-likeness (QED) is 0.708. The maximum Gasteiger partial charge on any atom is 0.251 e. The Labute approximate surface area is 151 Å². The van der Waals surface area contributed by atoms with Gasteiger partial charge in [-0.15, -0.1) is 0 Å². The summed E-state index contributed by atoms with van der Waals surface area (Å²) in [7, 11) is 1.59. The van der Waals surface area contributed by atoms with E-state index in [1.54, 1.807) is 13.2 Å². The lowest BCUT2D eigenvalue weighted by Crippen LogP contribution is -2.22. The molecule has 0 fully saturated rings. The van der Waals surface area contributed by atoms with E-state index in [2.05, 4.69) is 5.32 Å². The number of carbonyl (C=O) groups excluding carboxylic acids is 1. The number of para-hydroxylation sites is 2. The van der Waals surface area contributed by atoms with E-state index >= 15 is 0 Å². The van der Waals surface area contributed by atoms with Crippen LogP contribution < -0.4 is 14.8 Å². The summed E-state index contributed by atoms with van der Waals surface area (Å²) < 4.78 is 24.2. The van der Waals surface area contributed by atoms with Crippen LogP contribution in [0.1, 0.15) is 15.9 Å². The highest BCUT2D eigenvalue weighted by Crippen LogP contribution is 2.30. The molecule has 0 aromatic heterocycles. The summed E-state index contributed by atoms with van der Waals surface area (Å²) in [6, 6.07) is 20.3. The molecule has 0 bridgehead atoms. The molecular formula is C21H18FNO3. The summed E-state index contributed by atoms with van der Waals surface area (Å²) in [4.78, 5) is 12.0. The Morgan fingerprint density at radius 1 is 0.962 bits per heavy atom. The average molecular weight is 351 g/mol. The first-order valence-electron chi connectivity index (χ1n) is 8.09. The van der Waals surface area contributed by atoms with E-state index < -0.39 is 5.82 Å².